The van der Waals surface area contributed by atoms with Crippen LogP contribution in [0.3, 0.4) is 0 Å². The summed E-state index contributed by atoms with van der Waals surface area (Å²) in [5.41, 5.74) is 1.01. The Balaban J connectivity index is 1.85. The number of amides is 1. The van der Waals surface area contributed by atoms with E-state index in [0.29, 0.717) is 18.3 Å². The number of aromatic nitrogens is 1. The summed E-state index contributed by atoms with van der Waals surface area (Å²) in [5, 5.41) is 3.54. The number of rotatable bonds is 5. The lowest BCUT2D eigenvalue weighted by Crippen LogP contribution is -2.36. The maximum Gasteiger partial charge on any atom is 0.221 e. The molecule has 5 nitrogen and oxygen atoms in total. The first-order valence-corrected chi connectivity index (χ1v) is 7.52. The highest BCUT2D eigenvalue weighted by molar-refractivity contribution is 9.09. The molecule has 0 bridgehead atoms. The van der Waals surface area contributed by atoms with Gasteiger partial charge in [-0.25, -0.2) is 4.98 Å². The van der Waals surface area contributed by atoms with Gasteiger partial charge in [-0.2, -0.15) is 0 Å². The molecule has 0 aliphatic carbocycles. The van der Waals surface area contributed by atoms with Crippen LogP contribution in [0.4, 0.5) is 5.82 Å². The smallest absolute Gasteiger partial charge is 0.221 e. The van der Waals surface area contributed by atoms with Crippen molar-refractivity contribution in [1.29, 1.82) is 0 Å². The Labute approximate surface area is 121 Å². The van der Waals surface area contributed by atoms with Crippen molar-refractivity contribution in [3.05, 3.63) is 23.9 Å². The van der Waals surface area contributed by atoms with E-state index in [1.165, 1.54) is 0 Å². The zero-order chi connectivity index (χ0) is 13.5. The summed E-state index contributed by atoms with van der Waals surface area (Å²) < 4.78 is 5.31. The first-order valence-electron chi connectivity index (χ1n) is 6.40. The number of hydrogen-bond donors (Lipinski definition) is 1. The molecule has 0 atom stereocenters. The molecule has 1 fully saturated rings. The minimum atomic E-state index is 0.0501. The monoisotopic (exact) mass is 327 g/mol. The Bertz CT molecular complexity index is 405. The van der Waals surface area contributed by atoms with Crippen LogP contribution in [-0.2, 0) is 16.1 Å². The number of hydrogen-bond acceptors (Lipinski definition) is 4. The summed E-state index contributed by atoms with van der Waals surface area (Å²) >= 11 is 3.24. The highest BCUT2D eigenvalue weighted by atomic mass is 79.9. The molecule has 0 unspecified atom stereocenters. The number of morpholine rings is 1. The molecule has 6 heteroatoms. The summed E-state index contributed by atoms with van der Waals surface area (Å²) in [6.45, 7) is 3.81. The van der Waals surface area contributed by atoms with Crippen molar-refractivity contribution < 1.29 is 9.53 Å². The standard InChI is InChI=1S/C13H18BrN3O2/c14-4-3-13(18)16-10-11-1-2-12(15-9-11)17-5-7-19-8-6-17/h1-2,9H,3-8,10H2,(H,16,18). The van der Waals surface area contributed by atoms with Gasteiger partial charge in [-0.3, -0.25) is 4.79 Å². The molecule has 1 aromatic heterocycles. The molecule has 0 radical (unpaired) electrons. The Morgan fingerprint density at radius 1 is 1.42 bits per heavy atom. The van der Waals surface area contributed by atoms with Crippen LogP contribution in [-0.4, -0.2) is 42.5 Å². The van der Waals surface area contributed by atoms with Gasteiger partial charge < -0.3 is 15.0 Å². The minimum Gasteiger partial charge on any atom is -0.378 e. The van der Waals surface area contributed by atoms with Gasteiger partial charge in [0.1, 0.15) is 5.82 Å². The van der Waals surface area contributed by atoms with Crippen molar-refractivity contribution in [1.82, 2.24) is 10.3 Å². The number of carbonyl (C=O) groups excluding carboxylic acids is 1. The molecule has 1 aromatic rings. The number of halogens is 1. The van der Waals surface area contributed by atoms with E-state index in [0.717, 1.165) is 37.7 Å². The molecule has 0 spiro atoms. The number of anilines is 1. The van der Waals surface area contributed by atoms with Crippen LogP contribution in [0.15, 0.2) is 18.3 Å². The topological polar surface area (TPSA) is 54.5 Å². The minimum absolute atomic E-state index is 0.0501. The third kappa shape index (κ3) is 4.47. The molecule has 1 N–H and O–H groups in total. The third-order valence-corrected chi connectivity index (χ3v) is 3.35. The quantitative estimate of drug-likeness (QED) is 0.829. The van der Waals surface area contributed by atoms with E-state index >= 15 is 0 Å². The molecule has 2 rings (SSSR count). The number of carbonyl (C=O) groups is 1. The Hall–Kier alpha value is -1.14. The van der Waals surface area contributed by atoms with Gasteiger partial charge in [0.15, 0.2) is 0 Å². The third-order valence-electron chi connectivity index (χ3n) is 2.96. The lowest BCUT2D eigenvalue weighted by atomic mass is 10.2. The van der Waals surface area contributed by atoms with E-state index in [-0.39, 0.29) is 5.91 Å². The van der Waals surface area contributed by atoms with Crippen LogP contribution in [0.25, 0.3) is 0 Å². The molecule has 19 heavy (non-hydrogen) atoms. The van der Waals surface area contributed by atoms with E-state index in [4.69, 9.17) is 4.74 Å². The van der Waals surface area contributed by atoms with Gasteiger partial charge in [-0.15, -0.1) is 0 Å². The summed E-state index contributed by atoms with van der Waals surface area (Å²) in [6.07, 6.45) is 2.32. The molecular formula is C13H18BrN3O2. The molecule has 104 valence electrons. The Kier molecular flexibility index (Phi) is 5.60. The molecule has 1 amide bonds. The predicted molar refractivity (Wildman–Crippen MR) is 77.5 cm³/mol. The maximum atomic E-state index is 11.3. The normalized spacial score (nSPS) is 15.3. The van der Waals surface area contributed by atoms with E-state index in [1.54, 1.807) is 0 Å². The zero-order valence-corrected chi connectivity index (χ0v) is 12.4. The number of alkyl halides is 1. The largest absolute Gasteiger partial charge is 0.378 e. The first-order chi connectivity index (χ1) is 9.29. The van der Waals surface area contributed by atoms with E-state index in [9.17, 15) is 4.79 Å². The zero-order valence-electron chi connectivity index (χ0n) is 10.8. The average molecular weight is 328 g/mol. The van der Waals surface area contributed by atoms with Gasteiger partial charge in [0.2, 0.25) is 5.91 Å². The lowest BCUT2D eigenvalue weighted by molar-refractivity contribution is -0.120. The van der Waals surface area contributed by atoms with Gasteiger partial charge in [0, 0.05) is 37.6 Å². The predicted octanol–water partition coefficient (Wildman–Crippen LogP) is 1.32. The van der Waals surface area contributed by atoms with Crippen molar-refractivity contribution in [3.8, 4) is 0 Å². The highest BCUT2D eigenvalue weighted by Crippen LogP contribution is 2.12. The van der Waals surface area contributed by atoms with Crippen LogP contribution in [0.5, 0.6) is 0 Å². The number of nitrogens with zero attached hydrogens (tertiary/aromatic N) is 2. The Morgan fingerprint density at radius 3 is 2.84 bits per heavy atom. The lowest BCUT2D eigenvalue weighted by Gasteiger charge is -2.27. The van der Waals surface area contributed by atoms with E-state index in [2.05, 4.69) is 31.1 Å². The van der Waals surface area contributed by atoms with Crippen LogP contribution < -0.4 is 10.2 Å². The van der Waals surface area contributed by atoms with Crippen molar-refractivity contribution in [2.45, 2.75) is 13.0 Å². The molecule has 1 saturated heterocycles. The molecule has 2 heterocycles. The number of nitrogens with one attached hydrogen (secondary N) is 1. The molecule has 0 aromatic carbocycles. The van der Waals surface area contributed by atoms with Crippen LogP contribution in [0.2, 0.25) is 0 Å². The van der Waals surface area contributed by atoms with Gasteiger partial charge in [-0.05, 0) is 11.6 Å². The summed E-state index contributed by atoms with van der Waals surface area (Å²) in [5.74, 6) is 1.02. The first kappa shape index (κ1) is 14.3. The second-order valence-electron chi connectivity index (χ2n) is 4.34. The van der Waals surface area contributed by atoms with E-state index in [1.807, 2.05) is 18.3 Å². The maximum absolute atomic E-state index is 11.3. The van der Waals surface area contributed by atoms with Gasteiger partial charge in [-0.1, -0.05) is 22.0 Å². The molecule has 1 aliphatic rings. The van der Waals surface area contributed by atoms with Crippen molar-refractivity contribution in [3.63, 3.8) is 0 Å². The average Bonchev–Trinajstić information content (AvgIpc) is 2.47. The molecular weight excluding hydrogens is 310 g/mol. The second-order valence-corrected chi connectivity index (χ2v) is 5.13. The fourth-order valence-corrected chi connectivity index (χ4v) is 2.24. The van der Waals surface area contributed by atoms with Crippen molar-refractivity contribution in [2.24, 2.45) is 0 Å². The SMILES string of the molecule is O=C(CCBr)NCc1ccc(N2CCOCC2)nc1. The van der Waals surface area contributed by atoms with Crippen molar-refractivity contribution in [2.75, 3.05) is 36.5 Å². The molecule has 0 saturated carbocycles. The number of pyridine rings is 1. The van der Waals surface area contributed by atoms with Gasteiger partial charge >= 0.3 is 0 Å². The summed E-state index contributed by atoms with van der Waals surface area (Å²) in [7, 11) is 0. The van der Waals surface area contributed by atoms with Crippen molar-refractivity contribution >= 4 is 27.7 Å². The second kappa shape index (κ2) is 7.45. The number of ether oxygens (including phenoxy) is 1. The van der Waals surface area contributed by atoms with Gasteiger partial charge in [0.25, 0.3) is 0 Å². The summed E-state index contributed by atoms with van der Waals surface area (Å²) in [4.78, 5) is 18.0. The van der Waals surface area contributed by atoms with Gasteiger partial charge in [0.05, 0.1) is 13.2 Å². The van der Waals surface area contributed by atoms with Crippen LogP contribution >= 0.6 is 15.9 Å². The van der Waals surface area contributed by atoms with Crippen LogP contribution in [0, 0.1) is 0 Å². The fraction of sp³-hybridized carbons (Fsp3) is 0.538. The summed E-state index contributed by atoms with van der Waals surface area (Å²) in [6, 6.07) is 4.00. The highest BCUT2D eigenvalue weighted by Gasteiger charge is 2.11. The van der Waals surface area contributed by atoms with Crippen LogP contribution in [0.1, 0.15) is 12.0 Å². The molecule has 1 aliphatic heterocycles. The fourth-order valence-electron chi connectivity index (χ4n) is 1.88. The van der Waals surface area contributed by atoms with E-state index < -0.39 is 0 Å². The Morgan fingerprint density at radius 2 is 2.21 bits per heavy atom.